The molecule has 2 fully saturated rings. The van der Waals surface area contributed by atoms with Crippen LogP contribution in [0.3, 0.4) is 0 Å². The average molecular weight is 495 g/mol. The molecule has 2 aromatic carbocycles. The number of ether oxygens (including phenoxy) is 2. The summed E-state index contributed by atoms with van der Waals surface area (Å²) in [6, 6.07) is 14.0. The first kappa shape index (κ1) is 22.7. The lowest BCUT2D eigenvalue weighted by Crippen LogP contribution is -2.61. The molecule has 1 aromatic heterocycles. The molecule has 1 atom stereocenters. The topological polar surface area (TPSA) is 115 Å². The SMILES string of the molecule is Cc1ccc2nc(N3CCS(=O)(=NC4COC4)c4ccccc4C3)nc(NCC3(N)COC3)c2c1. The van der Waals surface area contributed by atoms with E-state index < -0.39 is 9.73 Å². The van der Waals surface area contributed by atoms with Crippen LogP contribution in [-0.4, -0.2) is 71.0 Å². The second kappa shape index (κ2) is 8.70. The first-order valence-electron chi connectivity index (χ1n) is 11.9. The van der Waals surface area contributed by atoms with Crippen molar-refractivity contribution in [2.75, 3.05) is 55.5 Å². The molecule has 1 unspecified atom stereocenters. The molecule has 0 radical (unpaired) electrons. The van der Waals surface area contributed by atoms with Crippen LogP contribution in [0, 0.1) is 6.92 Å². The van der Waals surface area contributed by atoms with Crippen LogP contribution in [0.25, 0.3) is 10.9 Å². The van der Waals surface area contributed by atoms with Gasteiger partial charge in [-0.3, -0.25) is 0 Å². The Kier molecular flexibility index (Phi) is 5.63. The number of anilines is 2. The number of fused-ring (bicyclic) bond motifs is 2. The van der Waals surface area contributed by atoms with Crippen molar-refractivity contribution in [2.45, 2.75) is 29.9 Å². The first-order valence-corrected chi connectivity index (χ1v) is 13.6. The largest absolute Gasteiger partial charge is 0.377 e. The third kappa shape index (κ3) is 4.35. The summed E-state index contributed by atoms with van der Waals surface area (Å²) < 4.78 is 29.4. The van der Waals surface area contributed by atoms with Gasteiger partial charge >= 0.3 is 0 Å². The number of rotatable bonds is 5. The minimum atomic E-state index is -2.57. The summed E-state index contributed by atoms with van der Waals surface area (Å²) in [7, 11) is -2.57. The van der Waals surface area contributed by atoms with Crippen molar-refractivity contribution in [1.82, 2.24) is 9.97 Å². The van der Waals surface area contributed by atoms with Gasteiger partial charge in [-0.1, -0.05) is 29.8 Å². The van der Waals surface area contributed by atoms with Crippen molar-refractivity contribution in [2.24, 2.45) is 10.1 Å². The second-order valence-electron chi connectivity index (χ2n) is 9.77. The number of aryl methyl sites for hydroxylation is 1. The number of benzene rings is 2. The van der Waals surface area contributed by atoms with E-state index in [1.54, 1.807) is 0 Å². The van der Waals surface area contributed by atoms with E-state index in [-0.39, 0.29) is 11.6 Å². The van der Waals surface area contributed by atoms with Crippen molar-refractivity contribution in [3.8, 4) is 0 Å². The molecule has 3 aliphatic heterocycles. The Balaban J connectivity index is 1.38. The highest BCUT2D eigenvalue weighted by atomic mass is 32.2. The zero-order chi connectivity index (χ0) is 24.0. The lowest BCUT2D eigenvalue weighted by molar-refractivity contribution is -0.0461. The van der Waals surface area contributed by atoms with Crippen molar-refractivity contribution in [1.29, 1.82) is 0 Å². The maximum absolute atomic E-state index is 14.1. The van der Waals surface area contributed by atoms with Crippen molar-refractivity contribution in [3.63, 3.8) is 0 Å². The number of nitrogens with zero attached hydrogens (tertiary/aromatic N) is 4. The fraction of sp³-hybridized carbons (Fsp3) is 0.440. The third-order valence-electron chi connectivity index (χ3n) is 6.76. The molecule has 3 N–H and O–H groups in total. The third-order valence-corrected chi connectivity index (χ3v) is 9.22. The second-order valence-corrected chi connectivity index (χ2v) is 12.1. The Bertz CT molecular complexity index is 1400. The van der Waals surface area contributed by atoms with Crippen LogP contribution in [0.4, 0.5) is 11.8 Å². The van der Waals surface area contributed by atoms with Gasteiger partial charge in [0.2, 0.25) is 5.95 Å². The molecular formula is C25H30N6O3S. The van der Waals surface area contributed by atoms with Crippen LogP contribution >= 0.6 is 0 Å². The Hall–Kier alpha value is -2.79. The predicted octanol–water partition coefficient (Wildman–Crippen LogP) is 2.32. The van der Waals surface area contributed by atoms with Gasteiger partial charge in [-0.25, -0.2) is 13.6 Å². The van der Waals surface area contributed by atoms with Crippen molar-refractivity contribution >= 4 is 32.4 Å². The highest BCUT2D eigenvalue weighted by Crippen LogP contribution is 2.30. The van der Waals surface area contributed by atoms with Crippen LogP contribution < -0.4 is 16.0 Å². The molecule has 10 heteroatoms. The molecule has 3 aromatic rings. The lowest BCUT2D eigenvalue weighted by atomic mass is 9.99. The van der Waals surface area contributed by atoms with Crippen LogP contribution in [-0.2, 0) is 25.7 Å². The summed E-state index contributed by atoms with van der Waals surface area (Å²) in [6.07, 6.45) is 0. The Morgan fingerprint density at radius 2 is 2.03 bits per heavy atom. The lowest BCUT2D eigenvalue weighted by Gasteiger charge is -2.38. The summed E-state index contributed by atoms with van der Waals surface area (Å²) in [4.78, 5) is 12.8. The number of hydrogen-bond acceptors (Lipinski definition) is 9. The van der Waals surface area contributed by atoms with Gasteiger partial charge in [0.25, 0.3) is 0 Å². The summed E-state index contributed by atoms with van der Waals surface area (Å²) in [5, 5.41) is 4.41. The van der Waals surface area contributed by atoms with Crippen molar-refractivity contribution in [3.05, 3.63) is 53.6 Å². The normalized spacial score (nSPS) is 23.7. The van der Waals surface area contributed by atoms with E-state index in [0.29, 0.717) is 57.8 Å². The molecule has 0 amide bonds. The van der Waals surface area contributed by atoms with Crippen LogP contribution in [0.2, 0.25) is 0 Å². The van der Waals surface area contributed by atoms with E-state index in [9.17, 15) is 4.21 Å². The molecule has 9 nitrogen and oxygen atoms in total. The van der Waals surface area contributed by atoms with Gasteiger partial charge in [-0.15, -0.1) is 0 Å². The molecule has 4 heterocycles. The molecule has 35 heavy (non-hydrogen) atoms. The van der Waals surface area contributed by atoms with Crippen LogP contribution in [0.15, 0.2) is 51.7 Å². The molecule has 184 valence electrons. The maximum Gasteiger partial charge on any atom is 0.228 e. The van der Waals surface area contributed by atoms with E-state index in [0.717, 1.165) is 32.7 Å². The number of nitrogens with two attached hydrogens (primary N) is 1. The number of hydrogen-bond donors (Lipinski definition) is 2. The Labute approximate surface area is 205 Å². The maximum atomic E-state index is 14.1. The zero-order valence-electron chi connectivity index (χ0n) is 19.8. The van der Waals surface area contributed by atoms with Crippen LogP contribution in [0.1, 0.15) is 11.1 Å². The van der Waals surface area contributed by atoms with E-state index >= 15 is 0 Å². The van der Waals surface area contributed by atoms with E-state index in [2.05, 4.69) is 29.3 Å². The van der Waals surface area contributed by atoms with Crippen molar-refractivity contribution < 1.29 is 13.7 Å². The smallest absolute Gasteiger partial charge is 0.228 e. The average Bonchev–Trinajstić information content (AvgIpc) is 2.96. The summed E-state index contributed by atoms with van der Waals surface area (Å²) in [6.45, 7) is 5.86. The summed E-state index contributed by atoms with van der Waals surface area (Å²) >= 11 is 0. The Morgan fingerprint density at radius 1 is 1.20 bits per heavy atom. The van der Waals surface area contributed by atoms with Crippen LogP contribution in [0.5, 0.6) is 0 Å². The minimum Gasteiger partial charge on any atom is -0.377 e. The fourth-order valence-electron chi connectivity index (χ4n) is 4.61. The number of nitrogens with one attached hydrogen (secondary N) is 1. The van der Waals surface area contributed by atoms with Gasteiger partial charge < -0.3 is 25.4 Å². The Morgan fingerprint density at radius 3 is 2.77 bits per heavy atom. The fourth-order valence-corrected chi connectivity index (χ4v) is 6.96. The molecule has 0 saturated carbocycles. The van der Waals surface area contributed by atoms with Gasteiger partial charge in [0, 0.05) is 25.0 Å². The minimum absolute atomic E-state index is 0.00265. The summed E-state index contributed by atoms with van der Waals surface area (Å²) in [5.41, 5.74) is 8.97. The highest BCUT2D eigenvalue weighted by molar-refractivity contribution is 7.93. The van der Waals surface area contributed by atoms with E-state index in [1.165, 1.54) is 0 Å². The summed E-state index contributed by atoms with van der Waals surface area (Å²) in [5.74, 6) is 1.77. The molecule has 0 aliphatic carbocycles. The standard InChI is InChI=1S/C25H30N6O3S/c1-17-6-7-21-20(10-17)23(27-14-25(26)15-34-16-25)29-24(28-21)31-8-9-35(32,30-19-12-33-13-19)22-5-3-2-4-18(22)11-31/h2-7,10,19H,8-9,11-16,26H2,1H3,(H,27,28,29). The molecule has 6 rings (SSSR count). The van der Waals surface area contributed by atoms with Gasteiger partial charge in [0.05, 0.1) is 57.9 Å². The molecule has 2 saturated heterocycles. The van der Waals surface area contributed by atoms with E-state index in [4.69, 9.17) is 29.5 Å². The van der Waals surface area contributed by atoms with Gasteiger partial charge in [0.1, 0.15) is 11.9 Å². The van der Waals surface area contributed by atoms with Gasteiger partial charge in [-0.2, -0.15) is 4.98 Å². The first-order chi connectivity index (χ1) is 16.9. The van der Waals surface area contributed by atoms with Gasteiger partial charge in [-0.05, 0) is 30.7 Å². The molecule has 3 aliphatic rings. The zero-order valence-corrected chi connectivity index (χ0v) is 20.6. The molecule has 0 bridgehead atoms. The quantitative estimate of drug-likeness (QED) is 0.555. The molecular weight excluding hydrogens is 464 g/mol. The number of aromatic nitrogens is 2. The predicted molar refractivity (Wildman–Crippen MR) is 136 cm³/mol. The molecule has 0 spiro atoms. The van der Waals surface area contributed by atoms with E-state index in [1.807, 2.05) is 30.3 Å². The van der Waals surface area contributed by atoms with Gasteiger partial charge in [0.15, 0.2) is 0 Å². The monoisotopic (exact) mass is 494 g/mol. The highest BCUT2D eigenvalue weighted by Gasteiger charge is 2.34.